The molecular weight excluding hydrogens is 233 g/mol. The van der Waals surface area contributed by atoms with Crippen LogP contribution < -0.4 is 0 Å². The summed E-state index contributed by atoms with van der Waals surface area (Å²) in [5.74, 6) is 0.294. The number of rotatable bonds is 2. The largest absolute Gasteiger partial charge is 0.401 e. The molecule has 0 aromatic heterocycles. The maximum atomic E-state index is 12.2. The predicted octanol–water partition coefficient (Wildman–Crippen LogP) is 1.49. The first kappa shape index (κ1) is 12.7. The summed E-state index contributed by atoms with van der Waals surface area (Å²) < 4.78 is 36.7. The Morgan fingerprint density at radius 3 is 2.41 bits per heavy atom. The molecule has 0 aromatic rings. The highest BCUT2D eigenvalue weighted by Crippen LogP contribution is 2.31. The third kappa shape index (κ3) is 3.87. The van der Waals surface area contributed by atoms with Gasteiger partial charge in [-0.1, -0.05) is 0 Å². The van der Waals surface area contributed by atoms with Crippen LogP contribution in [0.1, 0.15) is 19.3 Å². The van der Waals surface area contributed by atoms with Crippen LogP contribution in [0.3, 0.4) is 0 Å². The molecule has 0 unspecified atom stereocenters. The van der Waals surface area contributed by atoms with E-state index in [0.717, 1.165) is 12.8 Å². The van der Waals surface area contributed by atoms with Crippen molar-refractivity contribution in [2.75, 3.05) is 32.7 Å². The Kier molecular flexibility index (Phi) is 3.61. The highest BCUT2D eigenvalue weighted by atomic mass is 19.4. The second-order valence-corrected chi connectivity index (χ2v) is 4.84. The van der Waals surface area contributed by atoms with Gasteiger partial charge in [0.25, 0.3) is 0 Å². The molecule has 1 heterocycles. The van der Waals surface area contributed by atoms with Gasteiger partial charge < -0.3 is 4.90 Å². The molecule has 0 radical (unpaired) electrons. The van der Waals surface area contributed by atoms with Crippen molar-refractivity contribution < 1.29 is 18.0 Å². The molecule has 1 saturated heterocycles. The molecule has 2 aliphatic rings. The first-order valence-corrected chi connectivity index (χ1v) is 6.03. The summed E-state index contributed by atoms with van der Waals surface area (Å²) in [6.45, 7) is 0.930. The van der Waals surface area contributed by atoms with Gasteiger partial charge in [0.15, 0.2) is 0 Å². The van der Waals surface area contributed by atoms with Crippen molar-refractivity contribution in [3.63, 3.8) is 0 Å². The summed E-state index contributed by atoms with van der Waals surface area (Å²) in [6, 6.07) is 0. The van der Waals surface area contributed by atoms with E-state index < -0.39 is 12.7 Å². The molecule has 2 fully saturated rings. The van der Waals surface area contributed by atoms with Gasteiger partial charge in [-0.2, -0.15) is 13.2 Å². The number of alkyl halides is 3. The Morgan fingerprint density at radius 1 is 1.12 bits per heavy atom. The number of hydrogen-bond donors (Lipinski definition) is 0. The molecule has 17 heavy (non-hydrogen) atoms. The fourth-order valence-corrected chi connectivity index (χ4v) is 2.19. The maximum Gasteiger partial charge on any atom is 0.401 e. The number of halogens is 3. The van der Waals surface area contributed by atoms with E-state index in [9.17, 15) is 18.0 Å². The van der Waals surface area contributed by atoms with Gasteiger partial charge >= 0.3 is 6.18 Å². The first-order chi connectivity index (χ1) is 7.96. The Morgan fingerprint density at radius 2 is 1.82 bits per heavy atom. The zero-order valence-corrected chi connectivity index (χ0v) is 9.67. The minimum atomic E-state index is -4.14. The summed E-state index contributed by atoms with van der Waals surface area (Å²) in [7, 11) is 0. The van der Waals surface area contributed by atoms with Crippen LogP contribution >= 0.6 is 0 Å². The van der Waals surface area contributed by atoms with Crippen LogP contribution in [0.5, 0.6) is 0 Å². The van der Waals surface area contributed by atoms with Crippen LogP contribution in [0.4, 0.5) is 13.2 Å². The topological polar surface area (TPSA) is 23.6 Å². The first-order valence-electron chi connectivity index (χ1n) is 6.03. The Bertz CT molecular complexity index is 289. The Hall–Kier alpha value is -0.780. The van der Waals surface area contributed by atoms with Crippen molar-refractivity contribution in [1.29, 1.82) is 0 Å². The van der Waals surface area contributed by atoms with Gasteiger partial charge in [0.2, 0.25) is 5.91 Å². The average Bonchev–Trinajstić information content (AvgIpc) is 3.01. The maximum absolute atomic E-state index is 12.2. The molecule has 1 aliphatic heterocycles. The van der Waals surface area contributed by atoms with E-state index in [-0.39, 0.29) is 11.8 Å². The van der Waals surface area contributed by atoms with Crippen LogP contribution in [0.2, 0.25) is 0 Å². The molecule has 0 spiro atoms. The lowest BCUT2D eigenvalue weighted by atomic mass is 10.3. The molecule has 1 amide bonds. The smallest absolute Gasteiger partial charge is 0.341 e. The van der Waals surface area contributed by atoms with Crippen molar-refractivity contribution in [2.24, 2.45) is 5.92 Å². The summed E-state index contributed by atoms with van der Waals surface area (Å²) >= 11 is 0. The van der Waals surface area contributed by atoms with E-state index in [2.05, 4.69) is 0 Å². The van der Waals surface area contributed by atoms with Crippen molar-refractivity contribution in [2.45, 2.75) is 25.4 Å². The number of hydrogen-bond acceptors (Lipinski definition) is 2. The van der Waals surface area contributed by atoms with E-state index in [1.165, 1.54) is 4.90 Å². The molecule has 0 atom stereocenters. The minimum absolute atomic E-state index is 0.138. The second-order valence-electron chi connectivity index (χ2n) is 4.84. The summed E-state index contributed by atoms with van der Waals surface area (Å²) in [4.78, 5) is 14.9. The highest BCUT2D eigenvalue weighted by Gasteiger charge is 2.35. The van der Waals surface area contributed by atoms with Gasteiger partial charge in [0, 0.05) is 32.1 Å². The van der Waals surface area contributed by atoms with Crippen molar-refractivity contribution >= 4 is 5.91 Å². The van der Waals surface area contributed by atoms with Gasteiger partial charge in [-0.3, -0.25) is 9.69 Å². The van der Waals surface area contributed by atoms with Crippen molar-refractivity contribution in [1.82, 2.24) is 9.80 Å². The number of carbonyl (C=O) groups excluding carboxylic acids is 1. The summed E-state index contributed by atoms with van der Waals surface area (Å²) in [6.07, 6.45) is -1.62. The fraction of sp³-hybridized carbons (Fsp3) is 0.909. The molecule has 2 rings (SSSR count). The SMILES string of the molecule is O=C(C1CC1)N1CCCN(CC(F)(F)F)CC1. The van der Waals surface area contributed by atoms with Crippen LogP contribution in [0.25, 0.3) is 0 Å². The lowest BCUT2D eigenvalue weighted by molar-refractivity contribution is -0.145. The highest BCUT2D eigenvalue weighted by molar-refractivity contribution is 5.81. The van der Waals surface area contributed by atoms with Crippen LogP contribution in [0.15, 0.2) is 0 Å². The molecule has 3 nitrogen and oxygen atoms in total. The quantitative estimate of drug-likeness (QED) is 0.741. The second kappa shape index (κ2) is 4.84. The van der Waals surface area contributed by atoms with Crippen LogP contribution in [-0.4, -0.2) is 54.6 Å². The molecule has 6 heteroatoms. The average molecular weight is 250 g/mol. The fourth-order valence-electron chi connectivity index (χ4n) is 2.19. The number of carbonyl (C=O) groups is 1. The molecular formula is C11H17F3N2O. The Balaban J connectivity index is 1.82. The zero-order chi connectivity index (χ0) is 12.5. The minimum Gasteiger partial charge on any atom is -0.341 e. The predicted molar refractivity (Wildman–Crippen MR) is 56.4 cm³/mol. The summed E-state index contributed by atoms with van der Waals surface area (Å²) in [5.41, 5.74) is 0. The van der Waals surface area contributed by atoms with Gasteiger partial charge in [-0.15, -0.1) is 0 Å². The standard InChI is InChI=1S/C11H17F3N2O/c12-11(13,14)8-15-4-1-5-16(7-6-15)10(17)9-2-3-9/h9H,1-8H2. The normalized spacial score (nSPS) is 23.6. The molecule has 1 saturated carbocycles. The van der Waals surface area contributed by atoms with Gasteiger partial charge in [-0.25, -0.2) is 0 Å². The third-order valence-electron chi connectivity index (χ3n) is 3.23. The zero-order valence-electron chi connectivity index (χ0n) is 9.67. The molecule has 0 bridgehead atoms. The monoisotopic (exact) mass is 250 g/mol. The van der Waals surface area contributed by atoms with Gasteiger partial charge in [0.05, 0.1) is 6.54 Å². The van der Waals surface area contributed by atoms with E-state index in [4.69, 9.17) is 0 Å². The van der Waals surface area contributed by atoms with E-state index in [1.54, 1.807) is 4.90 Å². The molecule has 1 aliphatic carbocycles. The van der Waals surface area contributed by atoms with E-state index in [1.807, 2.05) is 0 Å². The van der Waals surface area contributed by atoms with Crippen LogP contribution in [-0.2, 0) is 4.79 Å². The lowest BCUT2D eigenvalue weighted by Gasteiger charge is -2.22. The molecule has 0 aromatic carbocycles. The molecule has 98 valence electrons. The van der Waals surface area contributed by atoms with Crippen molar-refractivity contribution in [3.05, 3.63) is 0 Å². The number of nitrogens with zero attached hydrogens (tertiary/aromatic N) is 2. The lowest BCUT2D eigenvalue weighted by Crippen LogP contribution is -2.39. The van der Waals surface area contributed by atoms with Gasteiger partial charge in [0.1, 0.15) is 0 Å². The Labute approximate surface area is 98.6 Å². The number of amides is 1. The third-order valence-corrected chi connectivity index (χ3v) is 3.23. The van der Waals surface area contributed by atoms with E-state index >= 15 is 0 Å². The van der Waals surface area contributed by atoms with Gasteiger partial charge in [-0.05, 0) is 19.3 Å². The summed E-state index contributed by atoms with van der Waals surface area (Å²) in [5, 5.41) is 0. The molecule has 0 N–H and O–H groups in total. The van der Waals surface area contributed by atoms with Crippen molar-refractivity contribution in [3.8, 4) is 0 Å². The van der Waals surface area contributed by atoms with E-state index in [0.29, 0.717) is 32.6 Å². The van der Waals surface area contributed by atoms with Crippen LogP contribution in [0, 0.1) is 5.92 Å².